The van der Waals surface area contributed by atoms with Crippen LogP contribution in [0.5, 0.6) is 5.75 Å². The second-order valence-electron chi connectivity index (χ2n) is 6.57. The van der Waals surface area contributed by atoms with E-state index < -0.39 is 0 Å². The number of nitrogens with one attached hydrogen (secondary N) is 2. The van der Waals surface area contributed by atoms with Gasteiger partial charge < -0.3 is 19.9 Å². The van der Waals surface area contributed by atoms with E-state index in [1.54, 1.807) is 13.4 Å². The van der Waals surface area contributed by atoms with Gasteiger partial charge in [0.2, 0.25) is 0 Å². The molecule has 2 N–H and O–H groups in total. The predicted molar refractivity (Wildman–Crippen MR) is 121 cm³/mol. The van der Waals surface area contributed by atoms with Crippen molar-refractivity contribution >= 4 is 29.9 Å². The van der Waals surface area contributed by atoms with Crippen LogP contribution in [-0.4, -0.2) is 49.3 Å². The van der Waals surface area contributed by atoms with E-state index in [9.17, 15) is 0 Å². The van der Waals surface area contributed by atoms with Gasteiger partial charge in [-0.3, -0.25) is 4.90 Å². The standard InChI is InChI=1S/C20H29N5O2.HI/c1-3-21-20(22-14-16-10-13-27-24-16)23-15-18(25-11-6-7-12-25)17-8-4-5-9-19(17)26-2;/h4-5,8-10,13,18H,3,6-7,11-12,14-15H2,1-2H3,(H2,21,22,23);1H. The van der Waals surface area contributed by atoms with Crippen LogP contribution in [0.25, 0.3) is 0 Å². The Morgan fingerprint density at radius 3 is 2.71 bits per heavy atom. The zero-order valence-corrected chi connectivity index (χ0v) is 18.9. The number of para-hydroxylation sites is 1. The van der Waals surface area contributed by atoms with Gasteiger partial charge in [-0.25, -0.2) is 4.99 Å². The van der Waals surface area contributed by atoms with Crippen LogP contribution in [0.15, 0.2) is 46.1 Å². The molecule has 3 rings (SSSR count). The van der Waals surface area contributed by atoms with E-state index in [0.717, 1.165) is 43.6 Å². The minimum absolute atomic E-state index is 0. The predicted octanol–water partition coefficient (Wildman–Crippen LogP) is 3.19. The van der Waals surface area contributed by atoms with Crippen molar-refractivity contribution in [3.8, 4) is 5.75 Å². The average Bonchev–Trinajstić information content (AvgIpc) is 3.41. The third kappa shape index (κ3) is 6.10. The zero-order chi connectivity index (χ0) is 18.9. The van der Waals surface area contributed by atoms with Crippen LogP contribution in [0.2, 0.25) is 0 Å². The summed E-state index contributed by atoms with van der Waals surface area (Å²) in [4.78, 5) is 7.13. The third-order valence-corrected chi connectivity index (χ3v) is 4.78. The molecule has 2 heterocycles. The van der Waals surface area contributed by atoms with Crippen LogP contribution in [-0.2, 0) is 6.54 Å². The van der Waals surface area contributed by atoms with Gasteiger partial charge >= 0.3 is 0 Å². The molecule has 0 bridgehead atoms. The fourth-order valence-corrected chi connectivity index (χ4v) is 3.44. The maximum absolute atomic E-state index is 5.62. The van der Waals surface area contributed by atoms with Crippen LogP contribution in [0.3, 0.4) is 0 Å². The first-order valence-electron chi connectivity index (χ1n) is 9.60. The van der Waals surface area contributed by atoms with Gasteiger partial charge in [0.05, 0.1) is 19.7 Å². The fraction of sp³-hybridized carbons (Fsp3) is 0.500. The molecule has 1 aliphatic rings. The average molecular weight is 499 g/mol. The molecule has 0 amide bonds. The minimum atomic E-state index is 0. The summed E-state index contributed by atoms with van der Waals surface area (Å²) in [7, 11) is 1.73. The molecule has 1 atom stereocenters. The molecule has 1 aromatic heterocycles. The van der Waals surface area contributed by atoms with Crippen molar-refractivity contribution in [2.45, 2.75) is 32.4 Å². The smallest absolute Gasteiger partial charge is 0.191 e. The number of hydrogen-bond acceptors (Lipinski definition) is 5. The van der Waals surface area contributed by atoms with Gasteiger partial charge in [-0.1, -0.05) is 23.4 Å². The molecule has 1 aromatic carbocycles. The molecule has 8 heteroatoms. The summed E-state index contributed by atoms with van der Waals surface area (Å²) >= 11 is 0. The number of aromatic nitrogens is 1. The number of guanidine groups is 1. The number of likely N-dealkylation sites (tertiary alicyclic amines) is 1. The molecular formula is C20H30IN5O2. The SMILES string of the molecule is CCNC(=NCc1ccon1)NCC(c1ccccc1OC)N1CCCC1.I. The Hall–Kier alpha value is -1.81. The summed E-state index contributed by atoms with van der Waals surface area (Å²) in [5.41, 5.74) is 2.02. The number of hydrogen-bond donors (Lipinski definition) is 2. The van der Waals surface area contributed by atoms with Crippen LogP contribution in [0.4, 0.5) is 0 Å². The third-order valence-electron chi connectivity index (χ3n) is 4.78. The normalized spacial score (nSPS) is 15.7. The highest BCUT2D eigenvalue weighted by molar-refractivity contribution is 14.0. The number of nitrogens with zero attached hydrogens (tertiary/aromatic N) is 3. The topological polar surface area (TPSA) is 74.9 Å². The molecule has 0 spiro atoms. The largest absolute Gasteiger partial charge is 0.496 e. The van der Waals surface area contributed by atoms with E-state index >= 15 is 0 Å². The van der Waals surface area contributed by atoms with Gasteiger partial charge in [-0.2, -0.15) is 0 Å². The van der Waals surface area contributed by atoms with Crippen molar-refractivity contribution in [1.82, 2.24) is 20.7 Å². The summed E-state index contributed by atoms with van der Waals surface area (Å²) in [6.45, 7) is 6.31. The molecule has 1 aliphatic heterocycles. The van der Waals surface area contributed by atoms with Gasteiger partial charge in [-0.15, -0.1) is 24.0 Å². The van der Waals surface area contributed by atoms with Crippen molar-refractivity contribution < 1.29 is 9.26 Å². The van der Waals surface area contributed by atoms with Gasteiger partial charge in [-0.05, 0) is 38.9 Å². The molecule has 0 radical (unpaired) electrons. The lowest BCUT2D eigenvalue weighted by molar-refractivity contribution is 0.239. The lowest BCUT2D eigenvalue weighted by Gasteiger charge is -2.30. The molecule has 0 aliphatic carbocycles. The Kier molecular flexibility index (Phi) is 9.56. The molecule has 2 aromatic rings. The van der Waals surface area contributed by atoms with Gasteiger partial charge in [0.15, 0.2) is 5.96 Å². The highest BCUT2D eigenvalue weighted by Crippen LogP contribution is 2.31. The van der Waals surface area contributed by atoms with E-state index in [1.165, 1.54) is 18.4 Å². The molecule has 154 valence electrons. The Morgan fingerprint density at radius 1 is 1.25 bits per heavy atom. The second-order valence-corrected chi connectivity index (χ2v) is 6.57. The molecule has 0 saturated carbocycles. The van der Waals surface area contributed by atoms with Crippen LogP contribution < -0.4 is 15.4 Å². The first-order valence-corrected chi connectivity index (χ1v) is 9.60. The van der Waals surface area contributed by atoms with Gasteiger partial charge in [0.25, 0.3) is 0 Å². The van der Waals surface area contributed by atoms with Gasteiger partial charge in [0.1, 0.15) is 17.7 Å². The molecule has 28 heavy (non-hydrogen) atoms. The number of benzene rings is 1. The lowest BCUT2D eigenvalue weighted by Crippen LogP contribution is -2.42. The number of methoxy groups -OCH3 is 1. The summed E-state index contributed by atoms with van der Waals surface area (Å²) < 4.78 is 10.5. The molecule has 1 saturated heterocycles. The Labute approximate surface area is 183 Å². The minimum Gasteiger partial charge on any atom is -0.496 e. The summed E-state index contributed by atoms with van der Waals surface area (Å²) in [6, 6.07) is 10.3. The quantitative estimate of drug-likeness (QED) is 0.330. The molecular weight excluding hydrogens is 469 g/mol. The summed E-state index contributed by atoms with van der Waals surface area (Å²) in [5, 5.41) is 10.7. The number of aliphatic imine (C=N–C) groups is 1. The monoisotopic (exact) mass is 499 g/mol. The van der Waals surface area contributed by atoms with Crippen molar-refractivity contribution in [2.75, 3.05) is 33.3 Å². The van der Waals surface area contributed by atoms with E-state index in [4.69, 9.17) is 9.26 Å². The van der Waals surface area contributed by atoms with Crippen molar-refractivity contribution in [3.05, 3.63) is 47.9 Å². The Morgan fingerprint density at radius 2 is 2.04 bits per heavy atom. The van der Waals surface area contributed by atoms with Crippen molar-refractivity contribution in [1.29, 1.82) is 0 Å². The fourth-order valence-electron chi connectivity index (χ4n) is 3.44. The first-order chi connectivity index (χ1) is 13.3. The molecule has 1 fully saturated rings. The van der Waals surface area contributed by atoms with Crippen molar-refractivity contribution in [2.24, 2.45) is 4.99 Å². The van der Waals surface area contributed by atoms with Crippen LogP contribution >= 0.6 is 24.0 Å². The Balaban J connectivity index is 0.00000280. The second kappa shape index (κ2) is 11.9. The van der Waals surface area contributed by atoms with E-state index in [-0.39, 0.29) is 30.0 Å². The number of halogens is 1. The van der Waals surface area contributed by atoms with Crippen LogP contribution in [0.1, 0.15) is 37.1 Å². The number of rotatable bonds is 8. The zero-order valence-electron chi connectivity index (χ0n) is 16.6. The van der Waals surface area contributed by atoms with E-state index in [2.05, 4.69) is 44.7 Å². The van der Waals surface area contributed by atoms with E-state index in [1.807, 2.05) is 18.2 Å². The summed E-state index contributed by atoms with van der Waals surface area (Å²) in [6.07, 6.45) is 4.05. The van der Waals surface area contributed by atoms with Crippen molar-refractivity contribution in [3.63, 3.8) is 0 Å². The highest BCUT2D eigenvalue weighted by Gasteiger charge is 2.26. The summed E-state index contributed by atoms with van der Waals surface area (Å²) in [5.74, 6) is 1.71. The maximum Gasteiger partial charge on any atom is 0.191 e. The van der Waals surface area contributed by atoms with Gasteiger partial charge in [0, 0.05) is 24.7 Å². The first kappa shape index (κ1) is 22.5. The maximum atomic E-state index is 5.62. The van der Waals surface area contributed by atoms with Crippen LogP contribution in [0, 0.1) is 0 Å². The van der Waals surface area contributed by atoms with E-state index in [0.29, 0.717) is 6.54 Å². The molecule has 1 unspecified atom stereocenters. The number of ether oxygens (including phenoxy) is 1. The Bertz CT molecular complexity index is 717. The lowest BCUT2D eigenvalue weighted by atomic mass is 10.0. The molecule has 7 nitrogen and oxygen atoms in total. The highest BCUT2D eigenvalue weighted by atomic mass is 127.